The number of amides is 1. The van der Waals surface area contributed by atoms with E-state index in [0.717, 1.165) is 19.4 Å². The minimum absolute atomic E-state index is 0.0930. The van der Waals surface area contributed by atoms with Crippen molar-refractivity contribution in [2.45, 2.75) is 32.7 Å². The molecule has 0 unspecified atom stereocenters. The maximum atomic E-state index is 13.2. The van der Waals surface area contributed by atoms with Gasteiger partial charge in [-0.25, -0.2) is 4.39 Å². The van der Waals surface area contributed by atoms with Gasteiger partial charge in [0, 0.05) is 12.6 Å². The lowest BCUT2D eigenvalue weighted by molar-refractivity contribution is 0.0953. The van der Waals surface area contributed by atoms with E-state index in [-0.39, 0.29) is 17.2 Å². The summed E-state index contributed by atoms with van der Waals surface area (Å²) in [7, 11) is 2.08. The lowest BCUT2D eigenvalue weighted by atomic mass is 10.1. The Kier molecular flexibility index (Phi) is 6.45. The Morgan fingerprint density at radius 3 is 2.75 bits per heavy atom. The smallest absolute Gasteiger partial charge is 0.253 e. The number of halogens is 1. The summed E-state index contributed by atoms with van der Waals surface area (Å²) in [6.07, 6.45) is 1.89. The molecule has 0 saturated carbocycles. The van der Waals surface area contributed by atoms with Crippen LogP contribution >= 0.6 is 0 Å². The highest BCUT2D eigenvalue weighted by Crippen LogP contribution is 2.15. The third kappa shape index (κ3) is 4.81. The van der Waals surface area contributed by atoms with Gasteiger partial charge in [0.15, 0.2) is 0 Å². The van der Waals surface area contributed by atoms with Crippen LogP contribution in [0.25, 0.3) is 0 Å². The first kappa shape index (κ1) is 16.4. The molecule has 0 heterocycles. The second kappa shape index (κ2) is 7.85. The molecule has 0 aliphatic rings. The van der Waals surface area contributed by atoms with Crippen molar-refractivity contribution in [1.29, 1.82) is 0 Å². The number of nitrogens with one attached hydrogen (secondary N) is 1. The number of hydrogen-bond acceptors (Lipinski definition) is 3. The molecule has 1 rings (SSSR count). The molecule has 3 N–H and O–H groups in total. The van der Waals surface area contributed by atoms with Gasteiger partial charge in [-0.1, -0.05) is 6.07 Å². The molecule has 0 spiro atoms. The summed E-state index contributed by atoms with van der Waals surface area (Å²) < 4.78 is 13.2. The average molecular weight is 281 g/mol. The summed E-state index contributed by atoms with van der Waals surface area (Å²) in [5.74, 6) is -0.879. The predicted molar refractivity (Wildman–Crippen MR) is 80.1 cm³/mol. The molecule has 0 aliphatic heterocycles. The van der Waals surface area contributed by atoms with Crippen molar-refractivity contribution in [3.8, 4) is 0 Å². The van der Waals surface area contributed by atoms with Crippen LogP contribution in [0.2, 0.25) is 0 Å². The van der Waals surface area contributed by atoms with Crippen LogP contribution in [-0.2, 0) is 0 Å². The summed E-state index contributed by atoms with van der Waals surface area (Å²) in [6.45, 7) is 5.86. The molecule has 0 radical (unpaired) electrons. The number of benzene rings is 1. The normalized spacial score (nSPS) is 11.1. The van der Waals surface area contributed by atoms with Gasteiger partial charge in [-0.2, -0.15) is 0 Å². The molecule has 20 heavy (non-hydrogen) atoms. The Bertz CT molecular complexity index is 449. The number of nitrogens with two attached hydrogens (primary N) is 1. The lowest BCUT2D eigenvalue weighted by Crippen LogP contribution is -2.29. The van der Waals surface area contributed by atoms with E-state index in [2.05, 4.69) is 31.1 Å². The van der Waals surface area contributed by atoms with Crippen molar-refractivity contribution in [1.82, 2.24) is 10.2 Å². The fraction of sp³-hybridized carbons (Fsp3) is 0.533. The zero-order valence-corrected chi connectivity index (χ0v) is 12.4. The Morgan fingerprint density at radius 1 is 1.40 bits per heavy atom. The van der Waals surface area contributed by atoms with Crippen molar-refractivity contribution in [2.24, 2.45) is 0 Å². The number of anilines is 1. The molecular formula is C15H24FN3O. The van der Waals surface area contributed by atoms with E-state index in [1.807, 2.05) is 0 Å². The molecule has 4 nitrogen and oxygen atoms in total. The second-order valence-corrected chi connectivity index (χ2v) is 5.24. The molecule has 112 valence electrons. The SMILES string of the molecule is CC(C)N(C)CCCCNC(=O)c1cccc(F)c1N. The average Bonchev–Trinajstić information content (AvgIpc) is 2.40. The third-order valence-electron chi connectivity index (χ3n) is 3.40. The van der Waals surface area contributed by atoms with Crippen molar-refractivity contribution >= 4 is 11.6 Å². The molecule has 1 aromatic carbocycles. The summed E-state index contributed by atoms with van der Waals surface area (Å²) in [5, 5.41) is 2.77. The minimum Gasteiger partial charge on any atom is -0.396 e. The lowest BCUT2D eigenvalue weighted by Gasteiger charge is -2.20. The molecule has 0 saturated heterocycles. The van der Waals surface area contributed by atoms with Crippen LogP contribution in [0.5, 0.6) is 0 Å². The molecular weight excluding hydrogens is 257 g/mol. The first-order chi connectivity index (χ1) is 9.43. The Balaban J connectivity index is 2.32. The van der Waals surface area contributed by atoms with Crippen LogP contribution in [0.4, 0.5) is 10.1 Å². The largest absolute Gasteiger partial charge is 0.396 e. The monoisotopic (exact) mass is 281 g/mol. The fourth-order valence-electron chi connectivity index (χ4n) is 1.78. The molecule has 0 aliphatic carbocycles. The quantitative estimate of drug-likeness (QED) is 0.595. The van der Waals surface area contributed by atoms with Crippen molar-refractivity contribution in [3.05, 3.63) is 29.6 Å². The van der Waals surface area contributed by atoms with Gasteiger partial charge in [-0.3, -0.25) is 4.79 Å². The van der Waals surface area contributed by atoms with Gasteiger partial charge in [0.1, 0.15) is 5.82 Å². The van der Waals surface area contributed by atoms with Crippen LogP contribution in [0, 0.1) is 5.82 Å². The van der Waals surface area contributed by atoms with Gasteiger partial charge in [0.25, 0.3) is 5.91 Å². The highest BCUT2D eigenvalue weighted by Gasteiger charge is 2.11. The number of carbonyl (C=O) groups is 1. The molecule has 0 fully saturated rings. The summed E-state index contributed by atoms with van der Waals surface area (Å²) in [6, 6.07) is 4.78. The van der Waals surface area contributed by atoms with Crippen LogP contribution < -0.4 is 11.1 Å². The van der Waals surface area contributed by atoms with Crippen molar-refractivity contribution in [2.75, 3.05) is 25.9 Å². The highest BCUT2D eigenvalue weighted by molar-refractivity contribution is 5.99. The Labute approximate surface area is 120 Å². The first-order valence-electron chi connectivity index (χ1n) is 6.96. The topological polar surface area (TPSA) is 58.4 Å². The number of nitrogen functional groups attached to an aromatic ring is 1. The van der Waals surface area contributed by atoms with E-state index in [1.165, 1.54) is 18.2 Å². The van der Waals surface area contributed by atoms with Crippen LogP contribution in [0.3, 0.4) is 0 Å². The summed E-state index contributed by atoms with van der Waals surface area (Å²) in [5.41, 5.74) is 5.65. The first-order valence-corrected chi connectivity index (χ1v) is 6.96. The Hall–Kier alpha value is -1.62. The van der Waals surface area contributed by atoms with E-state index in [0.29, 0.717) is 12.6 Å². The standard InChI is InChI=1S/C15H24FN3O/c1-11(2)19(3)10-5-4-9-18-15(20)12-7-6-8-13(16)14(12)17/h6-8,11H,4-5,9-10,17H2,1-3H3,(H,18,20). The molecule has 0 aromatic heterocycles. The highest BCUT2D eigenvalue weighted by atomic mass is 19.1. The van der Waals surface area contributed by atoms with Crippen LogP contribution in [0.1, 0.15) is 37.0 Å². The molecule has 0 atom stereocenters. The van der Waals surface area contributed by atoms with Gasteiger partial charge in [-0.05, 0) is 52.4 Å². The summed E-state index contributed by atoms with van der Waals surface area (Å²) >= 11 is 0. The van der Waals surface area contributed by atoms with Crippen molar-refractivity contribution in [3.63, 3.8) is 0 Å². The van der Waals surface area contributed by atoms with Gasteiger partial charge in [0.2, 0.25) is 0 Å². The zero-order valence-electron chi connectivity index (χ0n) is 12.4. The molecule has 0 bridgehead atoms. The van der Waals surface area contributed by atoms with Crippen LogP contribution in [0.15, 0.2) is 18.2 Å². The molecule has 5 heteroatoms. The van der Waals surface area contributed by atoms with E-state index < -0.39 is 5.82 Å². The van der Waals surface area contributed by atoms with Crippen molar-refractivity contribution < 1.29 is 9.18 Å². The van der Waals surface area contributed by atoms with E-state index in [4.69, 9.17) is 5.73 Å². The van der Waals surface area contributed by atoms with Gasteiger partial charge >= 0.3 is 0 Å². The number of hydrogen-bond donors (Lipinski definition) is 2. The maximum Gasteiger partial charge on any atom is 0.253 e. The zero-order chi connectivity index (χ0) is 15.1. The minimum atomic E-state index is -0.559. The fourth-order valence-corrected chi connectivity index (χ4v) is 1.78. The number of unbranched alkanes of at least 4 members (excludes halogenated alkanes) is 1. The van der Waals surface area contributed by atoms with Gasteiger partial charge in [0.05, 0.1) is 11.3 Å². The van der Waals surface area contributed by atoms with E-state index >= 15 is 0 Å². The second-order valence-electron chi connectivity index (χ2n) is 5.24. The van der Waals surface area contributed by atoms with Crippen LogP contribution in [-0.4, -0.2) is 37.0 Å². The molecule has 1 amide bonds. The Morgan fingerprint density at radius 2 is 2.10 bits per heavy atom. The number of nitrogens with zero attached hydrogens (tertiary/aromatic N) is 1. The third-order valence-corrected chi connectivity index (χ3v) is 3.40. The number of para-hydroxylation sites is 1. The number of carbonyl (C=O) groups excluding carboxylic acids is 1. The van der Waals surface area contributed by atoms with E-state index in [1.54, 1.807) is 0 Å². The maximum absolute atomic E-state index is 13.2. The predicted octanol–water partition coefficient (Wildman–Crippen LogP) is 2.26. The van der Waals surface area contributed by atoms with E-state index in [9.17, 15) is 9.18 Å². The number of rotatable bonds is 7. The molecule has 1 aromatic rings. The van der Waals surface area contributed by atoms with Gasteiger partial charge < -0.3 is 16.0 Å². The summed E-state index contributed by atoms with van der Waals surface area (Å²) in [4.78, 5) is 14.1. The van der Waals surface area contributed by atoms with Gasteiger partial charge in [-0.15, -0.1) is 0 Å².